The van der Waals surface area contributed by atoms with E-state index < -0.39 is 0 Å². The van der Waals surface area contributed by atoms with Crippen LogP contribution in [-0.2, 0) is 22.6 Å². The van der Waals surface area contributed by atoms with Gasteiger partial charge in [-0.05, 0) is 42.7 Å². The maximum atomic E-state index is 11.6. The number of carbonyl (C=O) groups excluding carboxylic acids is 1. The number of pyridine rings is 1. The van der Waals surface area contributed by atoms with Crippen molar-refractivity contribution in [2.45, 2.75) is 32.0 Å². The van der Waals surface area contributed by atoms with Gasteiger partial charge >= 0.3 is 5.97 Å². The lowest BCUT2D eigenvalue weighted by Crippen LogP contribution is -2.31. The molecule has 1 atom stereocenters. The largest absolute Gasteiger partial charge is 0.465 e. The summed E-state index contributed by atoms with van der Waals surface area (Å²) in [5.74, 6) is 0.646. The Labute approximate surface area is 174 Å². The van der Waals surface area contributed by atoms with Gasteiger partial charge in [0.15, 0.2) is 0 Å². The Balaban J connectivity index is 1.46. The normalized spacial score (nSPS) is 16.1. The Morgan fingerprint density at radius 3 is 2.67 bits per heavy atom. The number of hydrogen-bond acceptors (Lipinski definition) is 8. The van der Waals surface area contributed by atoms with Crippen LogP contribution < -0.4 is 0 Å². The minimum atomic E-state index is -0.378. The number of methoxy groups -OCH3 is 1. The molecule has 0 saturated carbocycles. The number of esters is 1. The molecule has 30 heavy (non-hydrogen) atoms. The van der Waals surface area contributed by atoms with Crippen molar-refractivity contribution >= 4 is 5.97 Å². The minimum absolute atomic E-state index is 0.222. The Hall–Kier alpha value is -3.10. The molecule has 0 N–H and O–H groups in total. The van der Waals surface area contributed by atoms with Crippen molar-refractivity contribution < 1.29 is 18.8 Å². The quantitative estimate of drug-likeness (QED) is 0.525. The van der Waals surface area contributed by atoms with Crippen LogP contribution in [-0.4, -0.2) is 52.4 Å². The van der Waals surface area contributed by atoms with Crippen LogP contribution >= 0.6 is 0 Å². The highest BCUT2D eigenvalue weighted by Gasteiger charge is 2.21. The number of nitrogens with zero attached hydrogens (tertiary/aromatic N) is 4. The second-order valence-corrected chi connectivity index (χ2v) is 7.24. The van der Waals surface area contributed by atoms with Gasteiger partial charge in [-0.1, -0.05) is 17.3 Å². The summed E-state index contributed by atoms with van der Waals surface area (Å²) < 4.78 is 16.0. The number of benzene rings is 1. The van der Waals surface area contributed by atoms with E-state index in [2.05, 4.69) is 20.0 Å². The van der Waals surface area contributed by atoms with Crippen LogP contribution in [0, 0.1) is 0 Å². The van der Waals surface area contributed by atoms with E-state index >= 15 is 0 Å². The molecule has 0 amide bonds. The summed E-state index contributed by atoms with van der Waals surface area (Å²) in [5.41, 5.74) is 2.42. The van der Waals surface area contributed by atoms with Crippen LogP contribution in [0.4, 0.5) is 0 Å². The average Bonchev–Trinajstić information content (AvgIpc) is 3.46. The van der Waals surface area contributed by atoms with Crippen molar-refractivity contribution in [2.24, 2.45) is 0 Å². The Morgan fingerprint density at radius 1 is 1.17 bits per heavy atom. The predicted molar refractivity (Wildman–Crippen MR) is 108 cm³/mol. The van der Waals surface area contributed by atoms with Gasteiger partial charge < -0.3 is 14.0 Å². The summed E-state index contributed by atoms with van der Waals surface area (Å²) >= 11 is 0. The van der Waals surface area contributed by atoms with Crippen molar-refractivity contribution in [3.8, 4) is 11.4 Å². The first-order valence-electron chi connectivity index (χ1n) is 9.95. The molecule has 8 heteroatoms. The molecular weight excluding hydrogens is 384 g/mol. The van der Waals surface area contributed by atoms with E-state index in [0.29, 0.717) is 23.8 Å². The highest BCUT2D eigenvalue weighted by atomic mass is 16.5. The SMILES string of the molecule is COC(=O)c1ccc(-c2noc(CN(Cc3ccncc3)CC3CCCO3)n2)cc1. The fraction of sp³-hybridized carbons (Fsp3) is 0.364. The van der Waals surface area contributed by atoms with E-state index in [1.54, 1.807) is 36.7 Å². The van der Waals surface area contributed by atoms with E-state index in [1.807, 2.05) is 12.1 Å². The standard InChI is InChI=1S/C22H24N4O4/c1-28-22(27)18-6-4-17(5-7-18)21-24-20(30-25-21)15-26(14-19-3-2-12-29-19)13-16-8-10-23-11-9-16/h4-11,19H,2-3,12-15H2,1H3. The Bertz CT molecular complexity index is 953. The number of carbonyl (C=O) groups is 1. The molecule has 0 aliphatic carbocycles. The molecule has 2 aromatic heterocycles. The van der Waals surface area contributed by atoms with Crippen molar-refractivity contribution in [3.05, 3.63) is 65.8 Å². The monoisotopic (exact) mass is 408 g/mol. The Morgan fingerprint density at radius 2 is 1.97 bits per heavy atom. The van der Waals surface area contributed by atoms with Crippen LogP contribution in [0.15, 0.2) is 53.3 Å². The molecule has 0 bridgehead atoms. The highest BCUT2D eigenvalue weighted by Crippen LogP contribution is 2.20. The maximum absolute atomic E-state index is 11.6. The van der Waals surface area contributed by atoms with Crippen LogP contribution in [0.1, 0.15) is 34.7 Å². The second kappa shape index (κ2) is 9.60. The molecule has 1 saturated heterocycles. The first kappa shape index (κ1) is 20.2. The molecule has 1 aromatic carbocycles. The fourth-order valence-corrected chi connectivity index (χ4v) is 3.51. The lowest BCUT2D eigenvalue weighted by molar-refractivity contribution is 0.0600. The summed E-state index contributed by atoms with van der Waals surface area (Å²) in [6, 6.07) is 10.9. The third-order valence-electron chi connectivity index (χ3n) is 5.03. The van der Waals surface area contributed by atoms with Crippen LogP contribution in [0.2, 0.25) is 0 Å². The molecule has 8 nitrogen and oxygen atoms in total. The van der Waals surface area contributed by atoms with Gasteiger partial charge in [0.05, 0.1) is 25.3 Å². The van der Waals surface area contributed by atoms with Crippen molar-refractivity contribution in [2.75, 3.05) is 20.3 Å². The number of aromatic nitrogens is 3. The predicted octanol–water partition coefficient (Wildman–Crippen LogP) is 3.10. The zero-order valence-electron chi connectivity index (χ0n) is 16.9. The molecule has 3 aromatic rings. The van der Waals surface area contributed by atoms with Gasteiger partial charge in [-0.15, -0.1) is 0 Å². The summed E-state index contributed by atoms with van der Waals surface area (Å²) in [4.78, 5) is 22.5. The van der Waals surface area contributed by atoms with Crippen LogP contribution in [0.5, 0.6) is 0 Å². The fourth-order valence-electron chi connectivity index (χ4n) is 3.51. The van der Waals surface area contributed by atoms with E-state index in [4.69, 9.17) is 14.0 Å². The first-order chi connectivity index (χ1) is 14.7. The maximum Gasteiger partial charge on any atom is 0.337 e. The van der Waals surface area contributed by atoms with Gasteiger partial charge in [-0.2, -0.15) is 4.98 Å². The number of rotatable bonds is 8. The molecule has 156 valence electrons. The molecule has 1 fully saturated rings. The highest BCUT2D eigenvalue weighted by molar-refractivity contribution is 5.89. The molecule has 4 rings (SSSR count). The molecule has 0 spiro atoms. The van der Waals surface area contributed by atoms with Crippen LogP contribution in [0.3, 0.4) is 0 Å². The summed E-state index contributed by atoms with van der Waals surface area (Å²) in [7, 11) is 1.36. The smallest absolute Gasteiger partial charge is 0.337 e. The topological polar surface area (TPSA) is 90.6 Å². The zero-order valence-corrected chi connectivity index (χ0v) is 16.9. The summed E-state index contributed by atoms with van der Waals surface area (Å²) in [5, 5.41) is 4.10. The van der Waals surface area contributed by atoms with E-state index in [1.165, 1.54) is 12.7 Å². The van der Waals surface area contributed by atoms with Gasteiger partial charge in [-0.25, -0.2) is 4.79 Å². The molecule has 1 aliphatic rings. The van der Waals surface area contributed by atoms with Crippen molar-refractivity contribution in [1.29, 1.82) is 0 Å². The first-order valence-corrected chi connectivity index (χ1v) is 9.95. The van der Waals surface area contributed by atoms with Gasteiger partial charge in [0.2, 0.25) is 11.7 Å². The van der Waals surface area contributed by atoms with Gasteiger partial charge in [0.25, 0.3) is 0 Å². The van der Waals surface area contributed by atoms with E-state index in [-0.39, 0.29) is 12.1 Å². The lowest BCUT2D eigenvalue weighted by atomic mass is 10.1. The Kier molecular flexibility index (Phi) is 6.46. The number of hydrogen-bond donors (Lipinski definition) is 0. The van der Waals surface area contributed by atoms with Crippen LogP contribution in [0.25, 0.3) is 11.4 Å². The second-order valence-electron chi connectivity index (χ2n) is 7.24. The molecular formula is C22H24N4O4. The van der Waals surface area contributed by atoms with Gasteiger partial charge in [0, 0.05) is 37.7 Å². The third kappa shape index (κ3) is 5.08. The molecule has 1 unspecified atom stereocenters. The summed E-state index contributed by atoms with van der Waals surface area (Å²) in [6.07, 6.45) is 5.97. The van der Waals surface area contributed by atoms with Gasteiger partial charge in [0.1, 0.15) is 0 Å². The molecule has 3 heterocycles. The number of ether oxygens (including phenoxy) is 2. The third-order valence-corrected chi connectivity index (χ3v) is 5.03. The molecule has 1 aliphatic heterocycles. The lowest BCUT2D eigenvalue weighted by Gasteiger charge is -2.23. The molecule has 0 radical (unpaired) electrons. The van der Waals surface area contributed by atoms with E-state index in [0.717, 1.165) is 38.1 Å². The zero-order chi connectivity index (χ0) is 20.8. The summed E-state index contributed by atoms with van der Waals surface area (Å²) in [6.45, 7) is 2.89. The minimum Gasteiger partial charge on any atom is -0.465 e. The van der Waals surface area contributed by atoms with Crippen molar-refractivity contribution in [3.63, 3.8) is 0 Å². The van der Waals surface area contributed by atoms with E-state index in [9.17, 15) is 4.79 Å². The van der Waals surface area contributed by atoms with Gasteiger partial charge in [-0.3, -0.25) is 9.88 Å². The van der Waals surface area contributed by atoms with Crippen molar-refractivity contribution in [1.82, 2.24) is 20.0 Å². The average molecular weight is 408 g/mol.